The van der Waals surface area contributed by atoms with Crippen molar-refractivity contribution in [1.29, 1.82) is 0 Å². The maximum atomic E-state index is 5.76. The molecule has 0 aliphatic heterocycles. The van der Waals surface area contributed by atoms with E-state index in [0.29, 0.717) is 24.7 Å². The highest BCUT2D eigenvalue weighted by Gasteiger charge is 2.02. The number of anilines is 1. The molecule has 0 aromatic heterocycles. The highest BCUT2D eigenvalue weighted by atomic mass is 16.5. The van der Waals surface area contributed by atoms with Crippen molar-refractivity contribution in [3.05, 3.63) is 18.2 Å². The Balaban J connectivity index is 2.46. The number of methoxy groups -OCH3 is 1. The van der Waals surface area contributed by atoms with E-state index in [0.717, 1.165) is 5.75 Å². The van der Waals surface area contributed by atoms with E-state index in [1.54, 1.807) is 25.3 Å². The molecule has 0 spiro atoms. The molecule has 0 saturated heterocycles. The van der Waals surface area contributed by atoms with E-state index in [9.17, 15) is 0 Å². The van der Waals surface area contributed by atoms with E-state index in [1.807, 2.05) is 13.8 Å². The molecule has 0 fully saturated rings. The lowest BCUT2D eigenvalue weighted by molar-refractivity contribution is 0.0554. The van der Waals surface area contributed by atoms with Gasteiger partial charge >= 0.3 is 0 Å². The van der Waals surface area contributed by atoms with Gasteiger partial charge in [0.25, 0.3) is 0 Å². The van der Waals surface area contributed by atoms with Gasteiger partial charge in [0.15, 0.2) is 0 Å². The summed E-state index contributed by atoms with van der Waals surface area (Å²) in [4.78, 5) is 0. The van der Waals surface area contributed by atoms with Crippen LogP contribution in [-0.4, -0.2) is 26.4 Å². The van der Waals surface area contributed by atoms with Crippen LogP contribution in [0.1, 0.15) is 13.8 Å². The van der Waals surface area contributed by atoms with Crippen LogP contribution in [0.2, 0.25) is 0 Å². The number of nitrogens with two attached hydrogens (primary N) is 1. The molecule has 0 unspecified atom stereocenters. The zero-order chi connectivity index (χ0) is 12.0. The number of rotatable bonds is 6. The first-order valence-corrected chi connectivity index (χ1v) is 5.31. The van der Waals surface area contributed by atoms with Gasteiger partial charge in [-0.25, -0.2) is 0 Å². The quantitative estimate of drug-likeness (QED) is 0.595. The molecular formula is C12H19NO3. The highest BCUT2D eigenvalue weighted by Crippen LogP contribution is 2.26. The highest BCUT2D eigenvalue weighted by molar-refractivity contribution is 5.55. The molecule has 0 aliphatic rings. The molecule has 0 radical (unpaired) electrons. The molecule has 4 heteroatoms. The molecular weight excluding hydrogens is 206 g/mol. The Morgan fingerprint density at radius 3 is 2.62 bits per heavy atom. The predicted molar refractivity (Wildman–Crippen MR) is 64.0 cm³/mol. The molecule has 1 aromatic rings. The van der Waals surface area contributed by atoms with Crippen LogP contribution in [-0.2, 0) is 4.74 Å². The van der Waals surface area contributed by atoms with Gasteiger partial charge in [-0.2, -0.15) is 0 Å². The topological polar surface area (TPSA) is 53.7 Å². The summed E-state index contributed by atoms with van der Waals surface area (Å²) >= 11 is 0. The van der Waals surface area contributed by atoms with Crippen LogP contribution < -0.4 is 15.2 Å². The zero-order valence-corrected chi connectivity index (χ0v) is 10.0. The molecule has 16 heavy (non-hydrogen) atoms. The van der Waals surface area contributed by atoms with Crippen molar-refractivity contribution in [2.45, 2.75) is 20.0 Å². The Hall–Kier alpha value is -1.42. The minimum atomic E-state index is 0.214. The van der Waals surface area contributed by atoms with Crippen LogP contribution in [0.5, 0.6) is 11.5 Å². The first-order chi connectivity index (χ1) is 7.63. The third-order valence-electron chi connectivity index (χ3n) is 2.01. The lowest BCUT2D eigenvalue weighted by atomic mass is 10.3. The smallest absolute Gasteiger partial charge is 0.145 e. The van der Waals surface area contributed by atoms with Gasteiger partial charge in [-0.05, 0) is 26.0 Å². The third kappa shape index (κ3) is 3.98. The summed E-state index contributed by atoms with van der Waals surface area (Å²) in [5.74, 6) is 1.36. The largest absolute Gasteiger partial charge is 0.497 e. The number of hydrogen-bond acceptors (Lipinski definition) is 4. The summed E-state index contributed by atoms with van der Waals surface area (Å²) in [7, 11) is 1.61. The summed E-state index contributed by atoms with van der Waals surface area (Å²) in [6.07, 6.45) is 0.214. The standard InChI is InChI=1S/C12H19NO3/c1-9(2)15-6-7-16-12-8-10(14-3)4-5-11(12)13/h4-5,8-9H,6-7,13H2,1-3H3. The van der Waals surface area contributed by atoms with Gasteiger partial charge in [0.05, 0.1) is 25.5 Å². The molecule has 1 aromatic carbocycles. The maximum Gasteiger partial charge on any atom is 0.145 e. The monoisotopic (exact) mass is 225 g/mol. The van der Waals surface area contributed by atoms with Crippen molar-refractivity contribution >= 4 is 5.69 Å². The third-order valence-corrected chi connectivity index (χ3v) is 2.01. The first kappa shape index (κ1) is 12.6. The molecule has 2 N–H and O–H groups in total. The lowest BCUT2D eigenvalue weighted by Gasteiger charge is -2.11. The normalized spacial score (nSPS) is 10.5. The fourth-order valence-corrected chi connectivity index (χ4v) is 1.20. The summed E-state index contributed by atoms with van der Waals surface area (Å²) in [5.41, 5.74) is 6.37. The van der Waals surface area contributed by atoms with Crippen molar-refractivity contribution in [1.82, 2.24) is 0 Å². The van der Waals surface area contributed by atoms with E-state index >= 15 is 0 Å². The molecule has 0 heterocycles. The van der Waals surface area contributed by atoms with Gasteiger partial charge in [0, 0.05) is 6.07 Å². The van der Waals surface area contributed by atoms with Gasteiger partial charge < -0.3 is 19.9 Å². The summed E-state index contributed by atoms with van der Waals surface area (Å²) in [5, 5.41) is 0. The first-order valence-electron chi connectivity index (χ1n) is 5.31. The Morgan fingerprint density at radius 1 is 1.25 bits per heavy atom. The average Bonchev–Trinajstić information content (AvgIpc) is 2.26. The Morgan fingerprint density at radius 2 is 2.00 bits per heavy atom. The second-order valence-electron chi connectivity index (χ2n) is 3.67. The molecule has 0 atom stereocenters. The van der Waals surface area contributed by atoms with Gasteiger partial charge in [-0.3, -0.25) is 0 Å². The summed E-state index contributed by atoms with van der Waals surface area (Å²) in [6, 6.07) is 5.33. The van der Waals surface area contributed by atoms with Crippen LogP contribution in [0.4, 0.5) is 5.69 Å². The van der Waals surface area contributed by atoms with Crippen molar-refractivity contribution < 1.29 is 14.2 Å². The van der Waals surface area contributed by atoms with Crippen LogP contribution in [0.3, 0.4) is 0 Å². The average molecular weight is 225 g/mol. The van der Waals surface area contributed by atoms with Crippen LogP contribution in [0.25, 0.3) is 0 Å². The molecule has 0 aliphatic carbocycles. The second-order valence-corrected chi connectivity index (χ2v) is 3.67. The van der Waals surface area contributed by atoms with Crippen LogP contribution >= 0.6 is 0 Å². The van der Waals surface area contributed by atoms with E-state index in [-0.39, 0.29) is 6.10 Å². The Labute approximate surface area is 96.3 Å². The fraction of sp³-hybridized carbons (Fsp3) is 0.500. The number of nitrogen functional groups attached to an aromatic ring is 1. The van der Waals surface area contributed by atoms with Crippen LogP contribution in [0.15, 0.2) is 18.2 Å². The van der Waals surface area contributed by atoms with Crippen molar-refractivity contribution in [2.75, 3.05) is 26.1 Å². The molecule has 0 bridgehead atoms. The van der Waals surface area contributed by atoms with Crippen molar-refractivity contribution in [2.24, 2.45) is 0 Å². The molecule has 90 valence electrons. The van der Waals surface area contributed by atoms with Crippen molar-refractivity contribution in [3.63, 3.8) is 0 Å². The SMILES string of the molecule is COc1ccc(N)c(OCCOC(C)C)c1. The molecule has 1 rings (SSSR count). The van der Waals surface area contributed by atoms with E-state index < -0.39 is 0 Å². The van der Waals surface area contributed by atoms with E-state index in [1.165, 1.54) is 0 Å². The Bertz CT molecular complexity index is 326. The van der Waals surface area contributed by atoms with E-state index in [2.05, 4.69) is 0 Å². The predicted octanol–water partition coefficient (Wildman–Crippen LogP) is 2.08. The number of ether oxygens (including phenoxy) is 3. The van der Waals surface area contributed by atoms with Gasteiger partial charge in [0.2, 0.25) is 0 Å². The minimum Gasteiger partial charge on any atom is -0.497 e. The summed E-state index contributed by atoms with van der Waals surface area (Å²) < 4.78 is 16.0. The summed E-state index contributed by atoms with van der Waals surface area (Å²) in [6.45, 7) is 5.00. The lowest BCUT2D eigenvalue weighted by Crippen LogP contribution is -2.11. The number of benzene rings is 1. The van der Waals surface area contributed by atoms with Gasteiger partial charge in [-0.15, -0.1) is 0 Å². The van der Waals surface area contributed by atoms with Gasteiger partial charge in [0.1, 0.15) is 18.1 Å². The Kier molecular flexibility index (Phi) is 4.92. The minimum absolute atomic E-state index is 0.214. The van der Waals surface area contributed by atoms with Crippen LogP contribution in [0, 0.1) is 0 Å². The molecule has 4 nitrogen and oxygen atoms in total. The zero-order valence-electron chi connectivity index (χ0n) is 10.0. The second kappa shape index (κ2) is 6.23. The number of hydrogen-bond donors (Lipinski definition) is 1. The maximum absolute atomic E-state index is 5.76. The molecule has 0 saturated carbocycles. The molecule has 0 amide bonds. The van der Waals surface area contributed by atoms with Crippen molar-refractivity contribution in [3.8, 4) is 11.5 Å². The van der Waals surface area contributed by atoms with Gasteiger partial charge in [-0.1, -0.05) is 0 Å². The van der Waals surface area contributed by atoms with E-state index in [4.69, 9.17) is 19.9 Å². The fourth-order valence-electron chi connectivity index (χ4n) is 1.20.